The lowest BCUT2D eigenvalue weighted by Crippen LogP contribution is -2.43. The standard InChI is InChI=1S/C20H21ClN2O2/c21-19-4-2-1-3-18(19)15-5-7-17(8-6-15)25-20(24)23-14-13-22-11-9-16(23)10-12-22/h1-8,16H,9-14H2. The van der Waals surface area contributed by atoms with Gasteiger partial charge in [0, 0.05) is 42.8 Å². The molecule has 3 aliphatic heterocycles. The first-order valence-electron chi connectivity index (χ1n) is 8.76. The highest BCUT2D eigenvalue weighted by Crippen LogP contribution is 2.29. The summed E-state index contributed by atoms with van der Waals surface area (Å²) < 4.78 is 5.62. The zero-order valence-electron chi connectivity index (χ0n) is 14.0. The molecule has 2 aromatic rings. The molecular formula is C20H21ClN2O2. The number of carbonyl (C=O) groups excluding carboxylic acids is 1. The van der Waals surface area contributed by atoms with Crippen molar-refractivity contribution in [2.45, 2.75) is 18.9 Å². The number of amides is 1. The smallest absolute Gasteiger partial charge is 0.410 e. The topological polar surface area (TPSA) is 32.8 Å². The van der Waals surface area contributed by atoms with Crippen LogP contribution >= 0.6 is 11.6 Å². The maximum absolute atomic E-state index is 12.6. The van der Waals surface area contributed by atoms with Crippen LogP contribution in [0.25, 0.3) is 11.1 Å². The Morgan fingerprint density at radius 3 is 2.40 bits per heavy atom. The van der Waals surface area contributed by atoms with Crippen LogP contribution in [0.15, 0.2) is 48.5 Å². The fraction of sp³-hybridized carbons (Fsp3) is 0.350. The van der Waals surface area contributed by atoms with Crippen molar-refractivity contribution in [1.82, 2.24) is 9.80 Å². The zero-order valence-corrected chi connectivity index (χ0v) is 14.8. The van der Waals surface area contributed by atoms with E-state index in [4.69, 9.17) is 16.3 Å². The minimum atomic E-state index is -0.237. The molecule has 1 amide bonds. The van der Waals surface area contributed by atoms with Gasteiger partial charge in [0.25, 0.3) is 0 Å². The van der Waals surface area contributed by atoms with Crippen molar-refractivity contribution in [2.24, 2.45) is 0 Å². The van der Waals surface area contributed by atoms with Crippen molar-refractivity contribution >= 4 is 17.7 Å². The lowest BCUT2D eigenvalue weighted by Gasteiger charge is -2.30. The van der Waals surface area contributed by atoms with Gasteiger partial charge < -0.3 is 14.5 Å². The van der Waals surface area contributed by atoms with Crippen LogP contribution in [0, 0.1) is 0 Å². The van der Waals surface area contributed by atoms with E-state index < -0.39 is 0 Å². The Bertz CT molecular complexity index is 755. The fourth-order valence-corrected chi connectivity index (χ4v) is 3.93. The molecule has 25 heavy (non-hydrogen) atoms. The Balaban J connectivity index is 1.46. The molecule has 0 N–H and O–H groups in total. The lowest BCUT2D eigenvalue weighted by atomic mass is 10.1. The molecule has 0 atom stereocenters. The van der Waals surface area contributed by atoms with Crippen LogP contribution in [0.5, 0.6) is 5.75 Å². The van der Waals surface area contributed by atoms with Gasteiger partial charge >= 0.3 is 6.09 Å². The van der Waals surface area contributed by atoms with Gasteiger partial charge in [-0.05, 0) is 36.6 Å². The van der Waals surface area contributed by atoms with Gasteiger partial charge in [0.1, 0.15) is 5.75 Å². The van der Waals surface area contributed by atoms with E-state index in [-0.39, 0.29) is 6.09 Å². The number of halogens is 1. The van der Waals surface area contributed by atoms with Crippen LogP contribution < -0.4 is 4.74 Å². The lowest BCUT2D eigenvalue weighted by molar-refractivity contribution is 0.131. The number of carbonyl (C=O) groups is 1. The number of hydrogen-bond donors (Lipinski definition) is 0. The van der Waals surface area contributed by atoms with Gasteiger partial charge in [-0.2, -0.15) is 0 Å². The number of hydrogen-bond acceptors (Lipinski definition) is 3. The molecule has 0 aromatic heterocycles. The van der Waals surface area contributed by atoms with Gasteiger partial charge in [-0.15, -0.1) is 0 Å². The molecule has 0 saturated carbocycles. The number of piperidine rings is 1. The van der Waals surface area contributed by atoms with E-state index in [1.54, 1.807) is 0 Å². The number of ether oxygens (including phenoxy) is 1. The van der Waals surface area contributed by atoms with E-state index in [1.165, 1.54) is 0 Å². The van der Waals surface area contributed by atoms with Crippen LogP contribution in [0.2, 0.25) is 5.02 Å². The summed E-state index contributed by atoms with van der Waals surface area (Å²) in [4.78, 5) is 16.9. The maximum Gasteiger partial charge on any atom is 0.415 e. The van der Waals surface area contributed by atoms with Crippen LogP contribution in [-0.2, 0) is 0 Å². The van der Waals surface area contributed by atoms with Crippen LogP contribution in [0.3, 0.4) is 0 Å². The first kappa shape index (κ1) is 16.4. The monoisotopic (exact) mass is 356 g/mol. The van der Waals surface area contributed by atoms with Gasteiger partial charge in [-0.3, -0.25) is 0 Å². The zero-order chi connectivity index (χ0) is 17.2. The molecule has 130 valence electrons. The highest BCUT2D eigenvalue weighted by molar-refractivity contribution is 6.33. The summed E-state index contributed by atoms with van der Waals surface area (Å²) in [5.41, 5.74) is 1.98. The Labute approximate surface area is 152 Å². The Kier molecular flexibility index (Phi) is 4.64. The fourth-order valence-electron chi connectivity index (χ4n) is 3.68. The summed E-state index contributed by atoms with van der Waals surface area (Å²) >= 11 is 6.24. The van der Waals surface area contributed by atoms with E-state index in [0.29, 0.717) is 16.8 Å². The van der Waals surface area contributed by atoms with Gasteiger partial charge in [-0.1, -0.05) is 41.9 Å². The SMILES string of the molecule is O=C(Oc1ccc(-c2ccccc2Cl)cc1)N1CCN2CCC1CC2. The highest BCUT2D eigenvalue weighted by atomic mass is 35.5. The van der Waals surface area contributed by atoms with Crippen LogP contribution in [-0.4, -0.2) is 48.1 Å². The number of benzene rings is 2. The summed E-state index contributed by atoms with van der Waals surface area (Å²) in [7, 11) is 0. The minimum Gasteiger partial charge on any atom is -0.410 e. The molecule has 3 fully saturated rings. The van der Waals surface area contributed by atoms with Crippen LogP contribution in [0.4, 0.5) is 4.79 Å². The molecule has 0 unspecified atom stereocenters. The molecule has 0 aliphatic carbocycles. The first-order valence-corrected chi connectivity index (χ1v) is 9.14. The quantitative estimate of drug-likeness (QED) is 0.804. The summed E-state index contributed by atoms with van der Waals surface area (Å²) in [6.07, 6.45) is 1.85. The third-order valence-corrected chi connectivity index (χ3v) is 5.46. The maximum atomic E-state index is 12.6. The van der Waals surface area contributed by atoms with Crippen molar-refractivity contribution in [3.8, 4) is 16.9 Å². The first-order chi connectivity index (χ1) is 12.2. The van der Waals surface area contributed by atoms with Gasteiger partial charge in [0.15, 0.2) is 0 Å². The van der Waals surface area contributed by atoms with E-state index >= 15 is 0 Å². The molecule has 5 rings (SSSR count). The highest BCUT2D eigenvalue weighted by Gasteiger charge is 2.32. The molecule has 5 heteroatoms. The molecule has 0 spiro atoms. The second-order valence-electron chi connectivity index (χ2n) is 6.64. The Morgan fingerprint density at radius 1 is 0.960 bits per heavy atom. The Morgan fingerprint density at radius 2 is 1.68 bits per heavy atom. The second-order valence-corrected chi connectivity index (χ2v) is 7.05. The normalized spacial score (nSPS) is 22.5. The second kappa shape index (κ2) is 7.06. The molecular weight excluding hydrogens is 336 g/mol. The summed E-state index contributed by atoms with van der Waals surface area (Å²) in [5.74, 6) is 0.569. The van der Waals surface area contributed by atoms with Gasteiger partial charge in [0.05, 0.1) is 0 Å². The number of fused-ring (bicyclic) bond motifs is 4. The molecule has 3 heterocycles. The van der Waals surface area contributed by atoms with E-state index in [9.17, 15) is 4.79 Å². The molecule has 2 aromatic carbocycles. The third-order valence-electron chi connectivity index (χ3n) is 5.13. The number of nitrogens with zero attached hydrogens (tertiary/aromatic N) is 2. The average molecular weight is 357 g/mol. The van der Waals surface area contributed by atoms with Crippen molar-refractivity contribution in [3.63, 3.8) is 0 Å². The molecule has 3 saturated heterocycles. The average Bonchev–Trinajstić information content (AvgIpc) is 2.97. The minimum absolute atomic E-state index is 0.237. The van der Waals surface area contributed by atoms with Crippen molar-refractivity contribution in [1.29, 1.82) is 0 Å². The number of rotatable bonds is 2. The van der Waals surface area contributed by atoms with E-state index in [0.717, 1.165) is 50.1 Å². The largest absolute Gasteiger partial charge is 0.415 e. The molecule has 2 bridgehead atoms. The summed E-state index contributed by atoms with van der Waals surface area (Å²) in [6, 6.07) is 15.6. The third kappa shape index (κ3) is 3.51. The van der Waals surface area contributed by atoms with Crippen molar-refractivity contribution < 1.29 is 9.53 Å². The van der Waals surface area contributed by atoms with Crippen LogP contribution in [0.1, 0.15) is 12.8 Å². The van der Waals surface area contributed by atoms with Gasteiger partial charge in [-0.25, -0.2) is 4.79 Å². The summed E-state index contributed by atoms with van der Waals surface area (Å²) in [6.45, 7) is 3.86. The van der Waals surface area contributed by atoms with E-state index in [2.05, 4.69) is 4.90 Å². The Hall–Kier alpha value is -2.04. The predicted octanol–water partition coefficient (Wildman–Crippen LogP) is 4.29. The molecule has 0 radical (unpaired) electrons. The molecule has 4 nitrogen and oxygen atoms in total. The molecule has 3 aliphatic rings. The van der Waals surface area contributed by atoms with E-state index in [1.807, 2.05) is 53.4 Å². The van der Waals surface area contributed by atoms with Gasteiger partial charge in [0.2, 0.25) is 0 Å². The summed E-state index contributed by atoms with van der Waals surface area (Å²) in [5, 5.41) is 0.711. The van der Waals surface area contributed by atoms with Crippen molar-refractivity contribution in [3.05, 3.63) is 53.6 Å². The van der Waals surface area contributed by atoms with Crippen molar-refractivity contribution in [2.75, 3.05) is 26.2 Å². The predicted molar refractivity (Wildman–Crippen MR) is 99.1 cm³/mol.